The van der Waals surface area contributed by atoms with Gasteiger partial charge in [0.15, 0.2) is 0 Å². The number of aliphatic hydroxyl groups excluding tert-OH is 1. The molecule has 2 aromatic rings. The van der Waals surface area contributed by atoms with Gasteiger partial charge < -0.3 is 19.5 Å². The summed E-state index contributed by atoms with van der Waals surface area (Å²) in [7, 11) is 0. The molecule has 2 heterocycles. The van der Waals surface area contributed by atoms with Crippen LogP contribution in [0.1, 0.15) is 30.5 Å². The van der Waals surface area contributed by atoms with Crippen LogP contribution >= 0.6 is 15.9 Å². The normalized spacial score (nSPS) is 20.6. The Morgan fingerprint density at radius 3 is 2.56 bits per heavy atom. The maximum Gasteiger partial charge on any atom is 0.295 e. The van der Waals surface area contributed by atoms with Gasteiger partial charge >= 0.3 is 0 Å². The number of ketones is 1. The number of hydrogen-bond acceptors (Lipinski definition) is 6. The number of Topliss-reactive ketones (excluding diaryl/α,β-unsaturated/α-hetero) is 1. The maximum absolute atomic E-state index is 13.2. The Balaban J connectivity index is 1.67. The number of hydrogen-bond donors (Lipinski definition) is 1. The van der Waals surface area contributed by atoms with Gasteiger partial charge in [-0.2, -0.15) is 0 Å². The molecule has 0 aliphatic carbocycles. The van der Waals surface area contributed by atoms with E-state index in [1.807, 2.05) is 31.2 Å². The van der Waals surface area contributed by atoms with Gasteiger partial charge in [-0.25, -0.2) is 0 Å². The Morgan fingerprint density at radius 1 is 1.12 bits per heavy atom. The van der Waals surface area contributed by atoms with E-state index in [1.165, 1.54) is 0 Å². The Morgan fingerprint density at radius 2 is 1.85 bits per heavy atom. The SMILES string of the molecule is CCOc1cccc(/C(O)=C2\C(=O)C(=O)N(CCCN3CCOCC3)C2c2ccc(Br)cc2)c1. The summed E-state index contributed by atoms with van der Waals surface area (Å²) in [6, 6.07) is 13.8. The second-order valence-electron chi connectivity index (χ2n) is 8.31. The summed E-state index contributed by atoms with van der Waals surface area (Å²) >= 11 is 3.44. The van der Waals surface area contributed by atoms with Gasteiger partial charge in [-0.05, 0) is 43.2 Å². The molecule has 8 heteroatoms. The minimum atomic E-state index is -0.668. The average Bonchev–Trinajstić information content (AvgIpc) is 3.10. The van der Waals surface area contributed by atoms with Gasteiger partial charge in [0.1, 0.15) is 11.5 Å². The molecule has 1 amide bonds. The lowest BCUT2D eigenvalue weighted by Gasteiger charge is -2.29. The predicted molar refractivity (Wildman–Crippen MR) is 133 cm³/mol. The molecule has 0 radical (unpaired) electrons. The van der Waals surface area contributed by atoms with Crippen LogP contribution in [0.5, 0.6) is 5.75 Å². The molecule has 1 unspecified atom stereocenters. The standard InChI is InChI=1S/C26H29BrN2O5/c1-2-34-21-6-3-5-19(17-21)24(30)22-23(18-7-9-20(27)10-8-18)29(26(32)25(22)31)12-4-11-28-13-15-33-16-14-28/h3,5-10,17,23,30H,2,4,11-16H2,1H3/b24-22+. The fourth-order valence-corrected chi connectivity index (χ4v) is 4.71. The number of carbonyl (C=O) groups excluding carboxylic acids is 2. The minimum Gasteiger partial charge on any atom is -0.507 e. The number of benzene rings is 2. The van der Waals surface area contributed by atoms with E-state index in [0.717, 1.165) is 36.1 Å². The number of amides is 1. The highest BCUT2D eigenvalue weighted by atomic mass is 79.9. The summed E-state index contributed by atoms with van der Waals surface area (Å²) in [4.78, 5) is 30.2. The lowest BCUT2D eigenvalue weighted by atomic mass is 9.95. The molecule has 2 aliphatic rings. The Kier molecular flexibility index (Phi) is 8.03. The van der Waals surface area contributed by atoms with Crippen LogP contribution in [0.3, 0.4) is 0 Å². The van der Waals surface area contributed by atoms with Crippen LogP contribution in [0.4, 0.5) is 0 Å². The first-order chi connectivity index (χ1) is 16.5. The molecule has 2 aromatic carbocycles. The van der Waals surface area contributed by atoms with E-state index in [0.29, 0.717) is 37.7 Å². The van der Waals surface area contributed by atoms with Crippen molar-refractivity contribution in [1.82, 2.24) is 9.80 Å². The summed E-state index contributed by atoms with van der Waals surface area (Å²) in [6.07, 6.45) is 0.722. The smallest absolute Gasteiger partial charge is 0.295 e. The van der Waals surface area contributed by atoms with Gasteiger partial charge in [0, 0.05) is 36.2 Å². The highest BCUT2D eigenvalue weighted by Gasteiger charge is 2.45. The topological polar surface area (TPSA) is 79.3 Å². The minimum absolute atomic E-state index is 0.104. The molecule has 34 heavy (non-hydrogen) atoms. The van der Waals surface area contributed by atoms with Crippen molar-refractivity contribution in [2.45, 2.75) is 19.4 Å². The van der Waals surface area contributed by atoms with Crippen molar-refractivity contribution in [3.8, 4) is 5.75 Å². The molecule has 0 spiro atoms. The molecule has 2 aliphatic heterocycles. The maximum atomic E-state index is 13.2. The highest BCUT2D eigenvalue weighted by Crippen LogP contribution is 2.40. The largest absolute Gasteiger partial charge is 0.507 e. The zero-order chi connectivity index (χ0) is 24.1. The first-order valence-corrected chi connectivity index (χ1v) is 12.4. The molecule has 2 fully saturated rings. The van der Waals surface area contributed by atoms with Gasteiger partial charge in [-0.15, -0.1) is 0 Å². The quantitative estimate of drug-likeness (QED) is 0.317. The number of morpholine rings is 1. The van der Waals surface area contributed by atoms with Crippen molar-refractivity contribution in [2.24, 2.45) is 0 Å². The van der Waals surface area contributed by atoms with Gasteiger partial charge in [-0.1, -0.05) is 40.2 Å². The Labute approximate surface area is 208 Å². The van der Waals surface area contributed by atoms with Crippen molar-refractivity contribution < 1.29 is 24.2 Å². The zero-order valence-corrected chi connectivity index (χ0v) is 20.8. The van der Waals surface area contributed by atoms with Gasteiger partial charge in [0.2, 0.25) is 0 Å². The lowest BCUT2D eigenvalue weighted by molar-refractivity contribution is -0.140. The molecule has 1 N–H and O–H groups in total. The van der Waals surface area contributed by atoms with Crippen molar-refractivity contribution in [3.05, 3.63) is 69.7 Å². The monoisotopic (exact) mass is 528 g/mol. The van der Waals surface area contributed by atoms with E-state index < -0.39 is 17.7 Å². The van der Waals surface area contributed by atoms with Crippen molar-refractivity contribution in [3.63, 3.8) is 0 Å². The first-order valence-electron chi connectivity index (χ1n) is 11.6. The molecule has 1 atom stereocenters. The summed E-state index contributed by atoms with van der Waals surface area (Å²) in [5.41, 5.74) is 1.32. The van der Waals surface area contributed by atoms with E-state index in [2.05, 4.69) is 20.8 Å². The number of halogens is 1. The third kappa shape index (κ3) is 5.35. The fourth-order valence-electron chi connectivity index (χ4n) is 4.45. The molecular weight excluding hydrogens is 500 g/mol. The zero-order valence-electron chi connectivity index (χ0n) is 19.2. The van der Waals surface area contributed by atoms with Crippen LogP contribution in [-0.2, 0) is 14.3 Å². The second kappa shape index (κ2) is 11.2. The number of likely N-dealkylation sites (tertiary alicyclic amines) is 1. The van der Waals surface area contributed by atoms with E-state index in [4.69, 9.17) is 9.47 Å². The number of aliphatic hydroxyl groups is 1. The Bertz CT molecular complexity index is 1060. The van der Waals surface area contributed by atoms with Crippen LogP contribution < -0.4 is 4.74 Å². The van der Waals surface area contributed by atoms with Crippen molar-refractivity contribution >= 4 is 33.4 Å². The van der Waals surface area contributed by atoms with Crippen LogP contribution in [0.15, 0.2) is 58.6 Å². The average molecular weight is 529 g/mol. The third-order valence-electron chi connectivity index (χ3n) is 6.12. The predicted octanol–water partition coefficient (Wildman–Crippen LogP) is 3.99. The van der Waals surface area contributed by atoms with Gasteiger partial charge in [0.05, 0.1) is 31.4 Å². The summed E-state index contributed by atoms with van der Waals surface area (Å²) < 4.78 is 11.8. The third-order valence-corrected chi connectivity index (χ3v) is 6.65. The van der Waals surface area contributed by atoms with E-state index in [9.17, 15) is 14.7 Å². The highest BCUT2D eigenvalue weighted by molar-refractivity contribution is 9.10. The van der Waals surface area contributed by atoms with E-state index in [1.54, 1.807) is 29.2 Å². The van der Waals surface area contributed by atoms with E-state index >= 15 is 0 Å². The molecule has 0 saturated carbocycles. The number of rotatable bonds is 8. The molecule has 7 nitrogen and oxygen atoms in total. The molecule has 180 valence electrons. The van der Waals surface area contributed by atoms with Gasteiger partial charge in [0.25, 0.3) is 11.7 Å². The number of nitrogens with zero attached hydrogens (tertiary/aromatic N) is 2. The fraction of sp³-hybridized carbons (Fsp3) is 0.385. The van der Waals surface area contributed by atoms with Crippen LogP contribution in [0.25, 0.3) is 5.76 Å². The summed E-state index contributed by atoms with van der Waals surface area (Å²) in [6.45, 7) is 6.75. The van der Waals surface area contributed by atoms with Crippen LogP contribution in [0.2, 0.25) is 0 Å². The van der Waals surface area contributed by atoms with Gasteiger partial charge in [-0.3, -0.25) is 14.5 Å². The number of carbonyl (C=O) groups is 2. The lowest BCUT2D eigenvalue weighted by Crippen LogP contribution is -2.38. The Hall–Kier alpha value is -2.68. The van der Waals surface area contributed by atoms with Crippen LogP contribution in [0, 0.1) is 0 Å². The molecule has 4 rings (SSSR count). The van der Waals surface area contributed by atoms with E-state index in [-0.39, 0.29) is 11.3 Å². The second-order valence-corrected chi connectivity index (χ2v) is 9.23. The number of ether oxygens (including phenoxy) is 2. The molecule has 0 aromatic heterocycles. The van der Waals surface area contributed by atoms with Crippen molar-refractivity contribution in [1.29, 1.82) is 0 Å². The van der Waals surface area contributed by atoms with Crippen LogP contribution in [-0.4, -0.2) is 72.6 Å². The first kappa shape index (κ1) is 24.4. The molecular formula is C26H29BrN2O5. The summed E-state index contributed by atoms with van der Waals surface area (Å²) in [5.74, 6) is -0.856. The molecule has 0 bridgehead atoms. The summed E-state index contributed by atoms with van der Waals surface area (Å²) in [5, 5.41) is 11.2. The van der Waals surface area contributed by atoms with Crippen molar-refractivity contribution in [2.75, 3.05) is 46.0 Å². The molecule has 2 saturated heterocycles.